The molecule has 2 N–H and O–H groups in total. The van der Waals surface area contributed by atoms with E-state index in [2.05, 4.69) is 10.2 Å². The van der Waals surface area contributed by atoms with Crippen LogP contribution in [0.25, 0.3) is 0 Å². The van der Waals surface area contributed by atoms with Crippen molar-refractivity contribution in [2.45, 2.75) is 44.1 Å². The number of hydrogen-bond donors (Lipinski definition) is 2. The second-order valence-electron chi connectivity index (χ2n) is 6.97. The molecule has 2 fully saturated rings. The lowest BCUT2D eigenvalue weighted by Gasteiger charge is -2.43. The lowest BCUT2D eigenvalue weighted by molar-refractivity contribution is -0.125. The van der Waals surface area contributed by atoms with Crippen LogP contribution in [0, 0.1) is 0 Å². The molecule has 0 unspecified atom stereocenters. The molecule has 1 heterocycles. The van der Waals surface area contributed by atoms with E-state index in [1.807, 2.05) is 12.1 Å². The summed E-state index contributed by atoms with van der Waals surface area (Å²) in [5.41, 5.74) is 1.17. The van der Waals surface area contributed by atoms with Crippen LogP contribution in [-0.4, -0.2) is 54.3 Å². The van der Waals surface area contributed by atoms with E-state index < -0.39 is 0 Å². The maximum Gasteiger partial charge on any atom is 0.221 e. The Labute approximate surface area is 144 Å². The van der Waals surface area contributed by atoms with Gasteiger partial charge in [0.1, 0.15) is 5.75 Å². The molecule has 1 amide bonds. The number of benzene rings is 1. The number of carbonyl (C=O) groups excluding carboxylic acids is 1. The number of aromatic hydroxyl groups is 1. The van der Waals surface area contributed by atoms with Crippen molar-refractivity contribution in [3.63, 3.8) is 0 Å². The SMILES string of the molecule is O=C(CC1(N2CCOCC2)CCCC1)NCCc1ccc(O)cc1. The van der Waals surface area contributed by atoms with E-state index in [1.165, 1.54) is 12.8 Å². The molecule has 24 heavy (non-hydrogen) atoms. The quantitative estimate of drug-likeness (QED) is 0.837. The molecule has 1 aliphatic heterocycles. The number of phenols is 1. The van der Waals surface area contributed by atoms with E-state index in [0.717, 1.165) is 51.1 Å². The number of nitrogens with one attached hydrogen (secondary N) is 1. The van der Waals surface area contributed by atoms with Crippen LogP contribution in [0.5, 0.6) is 5.75 Å². The first kappa shape index (κ1) is 17.2. The minimum atomic E-state index is 0.0480. The van der Waals surface area contributed by atoms with E-state index >= 15 is 0 Å². The van der Waals surface area contributed by atoms with Crippen molar-refractivity contribution >= 4 is 5.91 Å². The van der Waals surface area contributed by atoms with Crippen LogP contribution in [0.4, 0.5) is 0 Å². The van der Waals surface area contributed by atoms with Crippen molar-refractivity contribution in [3.05, 3.63) is 29.8 Å². The van der Waals surface area contributed by atoms with Gasteiger partial charge in [0.25, 0.3) is 0 Å². The summed E-state index contributed by atoms with van der Waals surface area (Å²) in [6, 6.07) is 7.16. The average Bonchev–Trinajstić information content (AvgIpc) is 3.07. The summed E-state index contributed by atoms with van der Waals surface area (Å²) in [5, 5.41) is 12.4. The Balaban J connectivity index is 1.49. The van der Waals surface area contributed by atoms with Gasteiger partial charge in [-0.05, 0) is 37.0 Å². The van der Waals surface area contributed by atoms with E-state index in [-0.39, 0.29) is 17.2 Å². The summed E-state index contributed by atoms with van der Waals surface area (Å²) < 4.78 is 5.47. The largest absolute Gasteiger partial charge is 0.508 e. The number of ether oxygens (including phenoxy) is 1. The first-order chi connectivity index (χ1) is 11.7. The molecule has 1 aromatic carbocycles. The number of phenolic OH excluding ortho intramolecular Hbond substituents is 1. The smallest absolute Gasteiger partial charge is 0.221 e. The maximum atomic E-state index is 12.5. The van der Waals surface area contributed by atoms with Crippen molar-refractivity contribution in [2.75, 3.05) is 32.8 Å². The number of nitrogens with zero attached hydrogens (tertiary/aromatic N) is 1. The molecule has 3 rings (SSSR count). The van der Waals surface area contributed by atoms with Crippen LogP contribution in [-0.2, 0) is 16.0 Å². The predicted molar refractivity (Wildman–Crippen MR) is 93.0 cm³/mol. The molecule has 1 saturated carbocycles. The summed E-state index contributed by atoms with van der Waals surface area (Å²) in [4.78, 5) is 15.0. The van der Waals surface area contributed by atoms with Gasteiger partial charge in [-0.25, -0.2) is 0 Å². The minimum absolute atomic E-state index is 0.0480. The van der Waals surface area contributed by atoms with E-state index in [9.17, 15) is 9.90 Å². The van der Waals surface area contributed by atoms with Crippen LogP contribution < -0.4 is 5.32 Å². The fraction of sp³-hybridized carbons (Fsp3) is 0.632. The van der Waals surface area contributed by atoms with Gasteiger partial charge in [0.15, 0.2) is 0 Å². The Morgan fingerprint density at radius 2 is 1.83 bits per heavy atom. The monoisotopic (exact) mass is 332 g/mol. The molecule has 0 bridgehead atoms. The first-order valence-corrected chi connectivity index (χ1v) is 9.05. The van der Waals surface area contributed by atoms with Gasteiger partial charge in [-0.15, -0.1) is 0 Å². The summed E-state index contributed by atoms with van der Waals surface area (Å²) in [5.74, 6) is 0.429. The van der Waals surface area contributed by atoms with Crippen LogP contribution in [0.1, 0.15) is 37.7 Å². The number of carbonyl (C=O) groups is 1. The van der Waals surface area contributed by atoms with Crippen LogP contribution in [0.15, 0.2) is 24.3 Å². The van der Waals surface area contributed by atoms with Crippen molar-refractivity contribution < 1.29 is 14.6 Å². The third-order valence-corrected chi connectivity index (χ3v) is 5.38. The Kier molecular flexibility index (Phi) is 5.74. The van der Waals surface area contributed by atoms with Gasteiger partial charge in [-0.3, -0.25) is 9.69 Å². The Morgan fingerprint density at radius 1 is 1.17 bits per heavy atom. The molecular formula is C19H28N2O3. The van der Waals surface area contributed by atoms with Gasteiger partial charge in [0, 0.05) is 31.6 Å². The summed E-state index contributed by atoms with van der Waals surface area (Å²) in [6.07, 6.45) is 6.08. The van der Waals surface area contributed by atoms with E-state index in [0.29, 0.717) is 13.0 Å². The second kappa shape index (κ2) is 7.99. The highest BCUT2D eigenvalue weighted by molar-refractivity contribution is 5.77. The molecule has 0 spiro atoms. The van der Waals surface area contributed by atoms with Crippen molar-refractivity contribution in [1.29, 1.82) is 0 Å². The highest BCUT2D eigenvalue weighted by Gasteiger charge is 2.41. The van der Waals surface area contributed by atoms with Gasteiger partial charge >= 0.3 is 0 Å². The molecule has 1 aliphatic carbocycles. The molecule has 5 heteroatoms. The topological polar surface area (TPSA) is 61.8 Å². The average molecular weight is 332 g/mol. The van der Waals surface area contributed by atoms with Crippen LogP contribution in [0.2, 0.25) is 0 Å². The number of morpholine rings is 1. The third kappa shape index (κ3) is 4.28. The minimum Gasteiger partial charge on any atom is -0.508 e. The number of rotatable bonds is 6. The second-order valence-corrected chi connectivity index (χ2v) is 6.97. The van der Waals surface area contributed by atoms with Crippen molar-refractivity contribution in [2.24, 2.45) is 0 Å². The summed E-state index contributed by atoms with van der Waals surface area (Å²) in [7, 11) is 0. The third-order valence-electron chi connectivity index (χ3n) is 5.38. The Bertz CT molecular complexity index is 532. The molecule has 0 aromatic heterocycles. The molecule has 2 aliphatic rings. The van der Waals surface area contributed by atoms with Crippen molar-refractivity contribution in [1.82, 2.24) is 10.2 Å². The lowest BCUT2D eigenvalue weighted by atomic mass is 9.90. The molecule has 5 nitrogen and oxygen atoms in total. The Hall–Kier alpha value is -1.59. The number of amides is 1. The predicted octanol–water partition coefficient (Wildman–Crippen LogP) is 2.09. The van der Waals surface area contributed by atoms with E-state index in [4.69, 9.17) is 4.74 Å². The molecule has 132 valence electrons. The van der Waals surface area contributed by atoms with Gasteiger partial charge < -0.3 is 15.2 Å². The highest BCUT2D eigenvalue weighted by Crippen LogP contribution is 2.38. The summed E-state index contributed by atoms with van der Waals surface area (Å²) >= 11 is 0. The molecule has 1 aromatic rings. The molecule has 0 atom stereocenters. The molecular weight excluding hydrogens is 304 g/mol. The zero-order valence-electron chi connectivity index (χ0n) is 14.3. The van der Waals surface area contributed by atoms with Gasteiger partial charge in [0.2, 0.25) is 5.91 Å². The first-order valence-electron chi connectivity index (χ1n) is 9.05. The van der Waals surface area contributed by atoms with Gasteiger partial charge in [-0.1, -0.05) is 25.0 Å². The number of hydrogen-bond acceptors (Lipinski definition) is 4. The lowest BCUT2D eigenvalue weighted by Crippen LogP contribution is -2.54. The van der Waals surface area contributed by atoms with Gasteiger partial charge in [0.05, 0.1) is 13.2 Å². The fourth-order valence-corrected chi connectivity index (χ4v) is 4.05. The van der Waals surface area contributed by atoms with Gasteiger partial charge in [-0.2, -0.15) is 0 Å². The molecule has 1 saturated heterocycles. The Morgan fingerprint density at radius 3 is 2.50 bits per heavy atom. The highest BCUT2D eigenvalue weighted by atomic mass is 16.5. The zero-order chi connectivity index (χ0) is 16.8. The summed E-state index contributed by atoms with van der Waals surface area (Å²) in [6.45, 7) is 4.10. The zero-order valence-corrected chi connectivity index (χ0v) is 14.3. The van der Waals surface area contributed by atoms with Crippen molar-refractivity contribution in [3.8, 4) is 5.75 Å². The fourth-order valence-electron chi connectivity index (χ4n) is 4.05. The van der Waals surface area contributed by atoms with Crippen LogP contribution >= 0.6 is 0 Å². The maximum absolute atomic E-state index is 12.5. The normalized spacial score (nSPS) is 20.8. The molecule has 0 radical (unpaired) electrons. The standard InChI is InChI=1S/C19H28N2O3/c22-17-5-3-16(4-6-17)7-10-20-18(23)15-19(8-1-2-9-19)21-11-13-24-14-12-21/h3-6,22H,1-2,7-15H2,(H,20,23). The van der Waals surface area contributed by atoms with Crippen LogP contribution in [0.3, 0.4) is 0 Å². The van der Waals surface area contributed by atoms with E-state index in [1.54, 1.807) is 12.1 Å².